The SMILES string of the molecule is O=C(Nc1ncccc1Br)c1cc([N+](=O)[O-])ccc1Br. The summed E-state index contributed by atoms with van der Waals surface area (Å²) in [5, 5.41) is 13.3. The fourth-order valence-corrected chi connectivity index (χ4v) is 2.23. The number of halogens is 2. The van der Waals surface area contributed by atoms with Gasteiger partial charge in [-0.2, -0.15) is 0 Å². The molecule has 1 amide bonds. The first-order valence-electron chi connectivity index (χ1n) is 5.35. The number of hydrogen-bond acceptors (Lipinski definition) is 4. The largest absolute Gasteiger partial charge is 0.306 e. The Morgan fingerprint density at radius 3 is 2.65 bits per heavy atom. The van der Waals surface area contributed by atoms with E-state index in [9.17, 15) is 14.9 Å². The third-order valence-electron chi connectivity index (χ3n) is 2.40. The van der Waals surface area contributed by atoms with Crippen molar-refractivity contribution in [1.82, 2.24) is 4.98 Å². The van der Waals surface area contributed by atoms with E-state index >= 15 is 0 Å². The van der Waals surface area contributed by atoms with E-state index in [1.54, 1.807) is 12.1 Å². The summed E-state index contributed by atoms with van der Waals surface area (Å²) < 4.78 is 1.09. The summed E-state index contributed by atoms with van der Waals surface area (Å²) in [6.45, 7) is 0. The molecule has 6 nitrogen and oxygen atoms in total. The van der Waals surface area contributed by atoms with Crippen molar-refractivity contribution < 1.29 is 9.72 Å². The highest BCUT2D eigenvalue weighted by molar-refractivity contribution is 9.11. The Hall–Kier alpha value is -1.80. The molecule has 0 unspecified atom stereocenters. The van der Waals surface area contributed by atoms with Crippen LogP contribution >= 0.6 is 31.9 Å². The lowest BCUT2D eigenvalue weighted by Gasteiger charge is -2.07. The molecule has 20 heavy (non-hydrogen) atoms. The van der Waals surface area contributed by atoms with E-state index in [-0.39, 0.29) is 11.3 Å². The van der Waals surface area contributed by atoms with Crippen molar-refractivity contribution in [1.29, 1.82) is 0 Å². The van der Waals surface area contributed by atoms with Gasteiger partial charge in [0.2, 0.25) is 0 Å². The molecule has 1 aromatic heterocycles. The first-order chi connectivity index (χ1) is 9.49. The van der Waals surface area contributed by atoms with E-state index in [1.165, 1.54) is 24.4 Å². The van der Waals surface area contributed by atoms with Gasteiger partial charge in [-0.1, -0.05) is 0 Å². The van der Waals surface area contributed by atoms with Crippen LogP contribution < -0.4 is 5.32 Å². The third-order valence-corrected chi connectivity index (χ3v) is 3.73. The summed E-state index contributed by atoms with van der Waals surface area (Å²) in [5.74, 6) is -0.143. The molecular weight excluding hydrogens is 394 g/mol. The highest BCUT2D eigenvalue weighted by Gasteiger charge is 2.16. The van der Waals surface area contributed by atoms with Gasteiger partial charge in [0.05, 0.1) is 15.0 Å². The van der Waals surface area contributed by atoms with Crippen LogP contribution in [0.25, 0.3) is 0 Å². The van der Waals surface area contributed by atoms with Crippen molar-refractivity contribution in [2.45, 2.75) is 0 Å². The molecule has 0 radical (unpaired) electrons. The van der Waals surface area contributed by atoms with Gasteiger partial charge in [0, 0.05) is 22.8 Å². The molecule has 0 fully saturated rings. The molecule has 0 aliphatic heterocycles. The monoisotopic (exact) mass is 399 g/mol. The molecule has 2 rings (SSSR count). The second-order valence-corrected chi connectivity index (χ2v) is 5.42. The summed E-state index contributed by atoms with van der Waals surface area (Å²) in [6.07, 6.45) is 1.53. The van der Waals surface area contributed by atoms with Gasteiger partial charge in [-0.05, 0) is 50.1 Å². The van der Waals surface area contributed by atoms with E-state index in [1.807, 2.05) is 0 Å². The van der Waals surface area contributed by atoms with Crippen molar-refractivity contribution >= 4 is 49.3 Å². The number of amides is 1. The lowest BCUT2D eigenvalue weighted by molar-refractivity contribution is -0.384. The summed E-state index contributed by atoms with van der Waals surface area (Å²) in [4.78, 5) is 26.3. The summed E-state index contributed by atoms with van der Waals surface area (Å²) >= 11 is 6.45. The van der Waals surface area contributed by atoms with Gasteiger partial charge in [0.1, 0.15) is 5.82 Å². The van der Waals surface area contributed by atoms with Crippen LogP contribution in [0.5, 0.6) is 0 Å². The number of hydrogen-bond donors (Lipinski definition) is 1. The van der Waals surface area contributed by atoms with Gasteiger partial charge in [0.25, 0.3) is 11.6 Å². The number of nitro benzene ring substituents is 1. The molecule has 0 bridgehead atoms. The van der Waals surface area contributed by atoms with Crippen molar-refractivity contribution in [2.24, 2.45) is 0 Å². The maximum atomic E-state index is 12.1. The number of aromatic nitrogens is 1. The van der Waals surface area contributed by atoms with E-state index < -0.39 is 10.8 Å². The summed E-state index contributed by atoms with van der Waals surface area (Å²) in [6, 6.07) is 7.42. The van der Waals surface area contributed by atoms with Gasteiger partial charge in [-0.3, -0.25) is 14.9 Å². The average Bonchev–Trinajstić information content (AvgIpc) is 2.41. The first-order valence-corrected chi connectivity index (χ1v) is 6.93. The topological polar surface area (TPSA) is 85.1 Å². The maximum Gasteiger partial charge on any atom is 0.270 e. The van der Waals surface area contributed by atoms with Gasteiger partial charge in [-0.15, -0.1) is 0 Å². The quantitative estimate of drug-likeness (QED) is 0.627. The van der Waals surface area contributed by atoms with Crippen molar-refractivity contribution in [2.75, 3.05) is 5.32 Å². The molecule has 1 heterocycles. The van der Waals surface area contributed by atoms with Crippen LogP contribution in [-0.4, -0.2) is 15.8 Å². The molecule has 0 aliphatic rings. The molecule has 1 N–H and O–H groups in total. The summed E-state index contributed by atoms with van der Waals surface area (Å²) in [5.41, 5.74) is 0.00943. The van der Waals surface area contributed by atoms with Gasteiger partial charge in [0.15, 0.2) is 0 Å². The normalized spacial score (nSPS) is 10.1. The number of benzene rings is 1. The zero-order valence-electron chi connectivity index (χ0n) is 9.84. The minimum absolute atomic E-state index is 0.154. The minimum atomic E-state index is -0.556. The smallest absolute Gasteiger partial charge is 0.270 e. The number of nitrogens with one attached hydrogen (secondary N) is 1. The molecule has 0 saturated carbocycles. The second-order valence-electron chi connectivity index (χ2n) is 3.71. The number of carbonyl (C=O) groups excluding carboxylic acids is 1. The fraction of sp³-hybridized carbons (Fsp3) is 0. The Balaban J connectivity index is 2.32. The Morgan fingerprint density at radius 2 is 2.00 bits per heavy atom. The van der Waals surface area contributed by atoms with E-state index in [0.717, 1.165) is 0 Å². The van der Waals surface area contributed by atoms with Crippen molar-refractivity contribution in [3.63, 3.8) is 0 Å². The van der Waals surface area contributed by atoms with Gasteiger partial charge >= 0.3 is 0 Å². The van der Waals surface area contributed by atoms with E-state index in [4.69, 9.17) is 0 Å². The third kappa shape index (κ3) is 3.20. The Bertz CT molecular complexity index is 691. The maximum absolute atomic E-state index is 12.1. The van der Waals surface area contributed by atoms with Gasteiger partial charge < -0.3 is 5.32 Å². The van der Waals surface area contributed by atoms with Crippen LogP contribution in [0.2, 0.25) is 0 Å². The minimum Gasteiger partial charge on any atom is -0.306 e. The zero-order chi connectivity index (χ0) is 14.7. The van der Waals surface area contributed by atoms with Crippen LogP contribution in [0, 0.1) is 10.1 Å². The lowest BCUT2D eigenvalue weighted by Crippen LogP contribution is -2.14. The number of nitro groups is 1. The molecule has 2 aromatic rings. The van der Waals surface area contributed by atoms with Crippen molar-refractivity contribution in [3.8, 4) is 0 Å². The summed E-state index contributed by atoms with van der Waals surface area (Å²) in [7, 11) is 0. The number of anilines is 1. The fourth-order valence-electron chi connectivity index (χ4n) is 1.45. The average molecular weight is 401 g/mol. The standard InChI is InChI=1S/C12H7Br2N3O3/c13-9-4-3-7(17(19)20)6-8(9)12(18)16-11-10(14)2-1-5-15-11/h1-6H,(H,15,16,18). The van der Waals surface area contributed by atoms with Gasteiger partial charge in [-0.25, -0.2) is 4.98 Å². The number of non-ortho nitro benzene ring substituents is 1. The molecule has 102 valence electrons. The first kappa shape index (κ1) is 14.6. The zero-order valence-corrected chi connectivity index (χ0v) is 13.0. The highest BCUT2D eigenvalue weighted by atomic mass is 79.9. The Labute approximate surface area is 130 Å². The highest BCUT2D eigenvalue weighted by Crippen LogP contribution is 2.25. The van der Waals surface area contributed by atoms with E-state index in [2.05, 4.69) is 42.2 Å². The predicted molar refractivity (Wildman–Crippen MR) is 80.7 cm³/mol. The molecule has 1 aromatic carbocycles. The van der Waals surface area contributed by atoms with E-state index in [0.29, 0.717) is 14.8 Å². The molecule has 0 atom stereocenters. The number of nitrogens with zero attached hydrogens (tertiary/aromatic N) is 2. The van der Waals surface area contributed by atoms with Crippen LogP contribution in [-0.2, 0) is 0 Å². The van der Waals surface area contributed by atoms with Crippen LogP contribution in [0.3, 0.4) is 0 Å². The second kappa shape index (κ2) is 6.10. The number of pyridine rings is 1. The Kier molecular flexibility index (Phi) is 4.46. The molecule has 8 heteroatoms. The Morgan fingerprint density at radius 1 is 1.25 bits per heavy atom. The molecule has 0 spiro atoms. The molecular formula is C12H7Br2N3O3. The number of carbonyl (C=O) groups is 1. The van der Waals surface area contributed by atoms with Crippen LogP contribution in [0.4, 0.5) is 11.5 Å². The van der Waals surface area contributed by atoms with Crippen LogP contribution in [0.1, 0.15) is 10.4 Å². The van der Waals surface area contributed by atoms with Crippen LogP contribution in [0.15, 0.2) is 45.5 Å². The number of rotatable bonds is 3. The predicted octanol–water partition coefficient (Wildman–Crippen LogP) is 3.77. The molecule has 0 saturated heterocycles. The lowest BCUT2D eigenvalue weighted by atomic mass is 10.2. The van der Waals surface area contributed by atoms with Crippen molar-refractivity contribution in [3.05, 3.63) is 61.2 Å². The molecule has 0 aliphatic carbocycles.